The molecule has 2 heterocycles. The Bertz CT molecular complexity index is 770. The first-order valence-electron chi connectivity index (χ1n) is 9.42. The van der Waals surface area contributed by atoms with Crippen molar-refractivity contribution in [3.8, 4) is 0 Å². The molecule has 0 bridgehead atoms. The van der Waals surface area contributed by atoms with E-state index in [1.165, 1.54) is 10.6 Å². The van der Waals surface area contributed by atoms with Crippen LogP contribution in [0.5, 0.6) is 0 Å². The van der Waals surface area contributed by atoms with Gasteiger partial charge in [-0.1, -0.05) is 5.16 Å². The SMILES string of the molecule is CCNC(=NCCS(=O)C(C)(C)C)N1CCN(S(=O)(=O)Cc2ccon2)CC1.I. The Morgan fingerprint density at radius 3 is 2.48 bits per heavy atom. The molecule has 0 saturated carbocycles. The van der Waals surface area contributed by atoms with Crippen molar-refractivity contribution in [1.29, 1.82) is 0 Å². The van der Waals surface area contributed by atoms with Gasteiger partial charge in [0.15, 0.2) is 5.96 Å². The number of aliphatic imine (C=N–C) groups is 1. The summed E-state index contributed by atoms with van der Waals surface area (Å²) >= 11 is 0. The summed E-state index contributed by atoms with van der Waals surface area (Å²) in [6.07, 6.45) is 1.37. The molecule has 1 saturated heterocycles. The van der Waals surface area contributed by atoms with Gasteiger partial charge in [-0.15, -0.1) is 24.0 Å². The summed E-state index contributed by atoms with van der Waals surface area (Å²) in [5.74, 6) is 1.09. The highest BCUT2D eigenvalue weighted by atomic mass is 127. The Labute approximate surface area is 193 Å². The van der Waals surface area contributed by atoms with Crippen LogP contribution in [0.15, 0.2) is 21.8 Å². The van der Waals surface area contributed by atoms with Crippen molar-refractivity contribution in [2.75, 3.05) is 45.0 Å². The molecule has 1 fully saturated rings. The monoisotopic (exact) mass is 561 g/mol. The number of nitrogens with zero attached hydrogens (tertiary/aromatic N) is 4. The first-order valence-corrected chi connectivity index (χ1v) is 12.3. The molecule has 12 heteroatoms. The third kappa shape index (κ3) is 8.13. The number of piperazine rings is 1. The molecule has 1 aromatic heterocycles. The zero-order valence-corrected chi connectivity index (χ0v) is 21.4. The number of halogens is 1. The molecule has 1 aromatic rings. The van der Waals surface area contributed by atoms with E-state index in [9.17, 15) is 12.6 Å². The molecular formula is C17H32IN5O4S2. The lowest BCUT2D eigenvalue weighted by atomic mass is 10.3. The molecule has 9 nitrogen and oxygen atoms in total. The molecule has 1 aliphatic heterocycles. The van der Waals surface area contributed by atoms with Crippen molar-refractivity contribution in [3.63, 3.8) is 0 Å². The average molecular weight is 562 g/mol. The number of sulfonamides is 1. The molecule has 0 amide bonds. The predicted molar refractivity (Wildman–Crippen MR) is 126 cm³/mol. The second-order valence-corrected chi connectivity index (χ2v) is 11.8. The number of aromatic nitrogens is 1. The number of nitrogens with one attached hydrogen (secondary N) is 1. The highest BCUT2D eigenvalue weighted by Crippen LogP contribution is 2.13. The fourth-order valence-electron chi connectivity index (χ4n) is 2.73. The zero-order chi connectivity index (χ0) is 20.8. The molecule has 0 aliphatic carbocycles. The van der Waals surface area contributed by atoms with Crippen LogP contribution in [0.2, 0.25) is 0 Å². The number of rotatable bonds is 7. The molecule has 0 aromatic carbocycles. The van der Waals surface area contributed by atoms with Crippen LogP contribution in [-0.4, -0.2) is 82.7 Å². The summed E-state index contributed by atoms with van der Waals surface area (Å²) in [5.41, 5.74) is 0.407. The van der Waals surface area contributed by atoms with Crippen LogP contribution < -0.4 is 5.32 Å². The first-order chi connectivity index (χ1) is 13.1. The number of hydrogen-bond donors (Lipinski definition) is 1. The highest BCUT2D eigenvalue weighted by Gasteiger charge is 2.29. The van der Waals surface area contributed by atoms with E-state index >= 15 is 0 Å². The molecule has 1 unspecified atom stereocenters. The average Bonchev–Trinajstić information content (AvgIpc) is 3.12. The van der Waals surface area contributed by atoms with E-state index in [1.807, 2.05) is 32.6 Å². The Morgan fingerprint density at radius 1 is 1.31 bits per heavy atom. The van der Waals surface area contributed by atoms with Crippen LogP contribution in [0.3, 0.4) is 0 Å². The number of hydrogen-bond acceptors (Lipinski definition) is 6. The van der Waals surface area contributed by atoms with Crippen molar-refractivity contribution in [1.82, 2.24) is 19.7 Å². The third-order valence-corrected chi connectivity index (χ3v) is 8.04. The van der Waals surface area contributed by atoms with Crippen LogP contribution in [0, 0.1) is 0 Å². The molecule has 2 rings (SSSR count). The summed E-state index contributed by atoms with van der Waals surface area (Å²) in [7, 11) is -4.38. The lowest BCUT2D eigenvalue weighted by Gasteiger charge is -2.35. The van der Waals surface area contributed by atoms with Crippen molar-refractivity contribution in [2.45, 2.75) is 38.2 Å². The van der Waals surface area contributed by atoms with Crippen molar-refractivity contribution in [2.24, 2.45) is 4.99 Å². The van der Waals surface area contributed by atoms with Gasteiger partial charge in [0, 0.05) is 60.1 Å². The summed E-state index contributed by atoms with van der Waals surface area (Å²) in [6.45, 7) is 10.9. The quantitative estimate of drug-likeness (QED) is 0.303. The van der Waals surface area contributed by atoms with Crippen molar-refractivity contribution >= 4 is 50.8 Å². The van der Waals surface area contributed by atoms with Gasteiger partial charge >= 0.3 is 0 Å². The van der Waals surface area contributed by atoms with E-state index in [-0.39, 0.29) is 34.5 Å². The Hall–Kier alpha value is -0.730. The van der Waals surface area contributed by atoms with Gasteiger partial charge in [0.05, 0.1) is 12.2 Å². The van der Waals surface area contributed by atoms with E-state index < -0.39 is 20.8 Å². The highest BCUT2D eigenvalue weighted by molar-refractivity contribution is 14.0. The normalized spacial score (nSPS) is 17.7. The van der Waals surface area contributed by atoms with Gasteiger partial charge in [0.25, 0.3) is 0 Å². The molecule has 1 aliphatic rings. The second-order valence-electron chi connectivity index (χ2n) is 7.53. The van der Waals surface area contributed by atoms with E-state index in [1.54, 1.807) is 6.07 Å². The van der Waals surface area contributed by atoms with Gasteiger partial charge in [0.2, 0.25) is 10.0 Å². The van der Waals surface area contributed by atoms with Gasteiger partial charge in [-0.2, -0.15) is 4.31 Å². The summed E-state index contributed by atoms with van der Waals surface area (Å²) < 4.78 is 43.2. The minimum Gasteiger partial charge on any atom is -0.364 e. The zero-order valence-electron chi connectivity index (χ0n) is 17.5. The summed E-state index contributed by atoms with van der Waals surface area (Å²) in [6, 6.07) is 1.56. The second kappa shape index (κ2) is 11.6. The topological polar surface area (TPSA) is 108 Å². The fraction of sp³-hybridized carbons (Fsp3) is 0.765. The molecule has 0 spiro atoms. The lowest BCUT2D eigenvalue weighted by molar-refractivity contribution is 0.260. The van der Waals surface area contributed by atoms with Crippen LogP contribution in [0.25, 0.3) is 0 Å². The van der Waals surface area contributed by atoms with E-state index in [2.05, 4.69) is 15.5 Å². The molecule has 1 N–H and O–H groups in total. The lowest BCUT2D eigenvalue weighted by Crippen LogP contribution is -2.54. The van der Waals surface area contributed by atoms with Crippen LogP contribution in [0.1, 0.15) is 33.4 Å². The predicted octanol–water partition coefficient (Wildman–Crippen LogP) is 1.25. The Kier molecular flexibility index (Phi) is 10.5. The minimum atomic E-state index is -3.43. The Balaban J connectivity index is 0.00000420. The Morgan fingerprint density at radius 2 is 1.97 bits per heavy atom. The molecule has 0 radical (unpaired) electrons. The first kappa shape index (κ1) is 26.3. The molecular weight excluding hydrogens is 529 g/mol. The van der Waals surface area contributed by atoms with Gasteiger partial charge in [-0.3, -0.25) is 9.20 Å². The fourth-order valence-corrected chi connectivity index (χ4v) is 5.03. The standard InChI is InChI=1S/C17H31N5O4S2.HI/c1-5-18-16(19-7-13-27(23)17(2,3)4)21-8-10-22(11-9-21)28(24,25)14-15-6-12-26-20-15;/h6,12H,5,7-11,13-14H2,1-4H3,(H,18,19);1H. The van der Waals surface area contributed by atoms with Gasteiger partial charge < -0.3 is 14.7 Å². The largest absolute Gasteiger partial charge is 0.364 e. The molecule has 29 heavy (non-hydrogen) atoms. The summed E-state index contributed by atoms with van der Waals surface area (Å²) in [4.78, 5) is 6.63. The van der Waals surface area contributed by atoms with E-state index in [0.29, 0.717) is 50.7 Å². The van der Waals surface area contributed by atoms with Gasteiger partial charge in [-0.05, 0) is 27.7 Å². The number of guanidine groups is 1. The van der Waals surface area contributed by atoms with Crippen LogP contribution in [0.4, 0.5) is 0 Å². The van der Waals surface area contributed by atoms with Crippen molar-refractivity contribution < 1.29 is 17.1 Å². The van der Waals surface area contributed by atoms with Crippen LogP contribution in [-0.2, 0) is 26.6 Å². The third-order valence-electron chi connectivity index (χ3n) is 4.31. The maximum absolute atomic E-state index is 12.5. The summed E-state index contributed by atoms with van der Waals surface area (Å²) in [5, 5.41) is 6.92. The van der Waals surface area contributed by atoms with Gasteiger partial charge in [0.1, 0.15) is 12.0 Å². The van der Waals surface area contributed by atoms with Crippen LogP contribution >= 0.6 is 24.0 Å². The molecule has 168 valence electrons. The van der Waals surface area contributed by atoms with E-state index in [0.717, 1.165) is 5.96 Å². The van der Waals surface area contributed by atoms with E-state index in [4.69, 9.17) is 4.52 Å². The van der Waals surface area contributed by atoms with Crippen molar-refractivity contribution in [3.05, 3.63) is 18.0 Å². The minimum absolute atomic E-state index is 0. The van der Waals surface area contributed by atoms with Gasteiger partial charge in [-0.25, -0.2) is 8.42 Å². The maximum Gasteiger partial charge on any atom is 0.220 e. The molecule has 1 atom stereocenters. The maximum atomic E-state index is 12.5. The smallest absolute Gasteiger partial charge is 0.220 e.